The second-order valence-electron chi connectivity index (χ2n) is 6.56. The Bertz CT molecular complexity index is 827. The van der Waals surface area contributed by atoms with Crippen molar-refractivity contribution in [1.82, 2.24) is 0 Å². The number of para-hydroxylation sites is 1. The number of fused-ring (bicyclic) bond motifs is 2. The number of esters is 1. The van der Waals surface area contributed by atoms with E-state index in [0.717, 1.165) is 12.0 Å². The minimum Gasteiger partial charge on any atom is -0.483 e. The maximum atomic E-state index is 12.1. The molecule has 0 bridgehead atoms. The lowest BCUT2D eigenvalue weighted by Gasteiger charge is -2.18. The van der Waals surface area contributed by atoms with Gasteiger partial charge in [0, 0.05) is 18.1 Å². The lowest BCUT2D eigenvalue weighted by molar-refractivity contribution is -0.136. The average molecular weight is 342 g/mol. The predicted molar refractivity (Wildman–Crippen MR) is 88.5 cm³/mol. The van der Waals surface area contributed by atoms with Crippen molar-refractivity contribution in [3.05, 3.63) is 42.0 Å². The van der Waals surface area contributed by atoms with E-state index in [0.29, 0.717) is 28.7 Å². The van der Waals surface area contributed by atoms with Crippen LogP contribution >= 0.6 is 0 Å². The van der Waals surface area contributed by atoms with Crippen molar-refractivity contribution >= 4 is 5.97 Å². The molecule has 0 atom stereocenters. The molecule has 25 heavy (non-hydrogen) atoms. The zero-order valence-corrected chi connectivity index (χ0v) is 14.0. The van der Waals surface area contributed by atoms with Crippen LogP contribution in [0, 0.1) is 0 Å². The number of ether oxygens (including phenoxy) is 5. The molecular formula is C19H18O6. The highest BCUT2D eigenvalue weighted by Crippen LogP contribution is 2.41. The van der Waals surface area contributed by atoms with Gasteiger partial charge in [0.15, 0.2) is 29.6 Å². The van der Waals surface area contributed by atoms with Crippen LogP contribution in [0.4, 0.5) is 0 Å². The van der Waals surface area contributed by atoms with Crippen molar-refractivity contribution in [2.24, 2.45) is 0 Å². The number of hydrogen-bond donors (Lipinski definition) is 0. The summed E-state index contributed by atoms with van der Waals surface area (Å²) in [6.07, 6.45) is 0.807. The molecule has 0 N–H and O–H groups in total. The summed E-state index contributed by atoms with van der Waals surface area (Å²) in [6.45, 7) is 4.00. The minimum absolute atomic E-state index is 0.172. The Balaban J connectivity index is 1.39. The molecule has 130 valence electrons. The lowest BCUT2D eigenvalue weighted by Crippen LogP contribution is -2.25. The van der Waals surface area contributed by atoms with Crippen LogP contribution in [-0.4, -0.2) is 25.0 Å². The first-order valence-corrected chi connectivity index (χ1v) is 8.04. The average Bonchev–Trinajstić information content (AvgIpc) is 3.14. The van der Waals surface area contributed by atoms with Gasteiger partial charge in [-0.1, -0.05) is 12.1 Å². The van der Waals surface area contributed by atoms with E-state index in [4.69, 9.17) is 23.7 Å². The van der Waals surface area contributed by atoms with Crippen LogP contribution in [0.3, 0.4) is 0 Å². The van der Waals surface area contributed by atoms with Crippen LogP contribution in [0.15, 0.2) is 36.4 Å². The minimum atomic E-state index is -0.506. The standard InChI is InChI=1S/C19H18O6/c1-19(2)9-12-4-3-5-15(18(12)25-19)21-10-17(20)24-13-6-7-14-16(8-13)23-11-22-14/h3-8H,9-11H2,1-2H3. The molecule has 0 unspecified atom stereocenters. The van der Waals surface area contributed by atoms with Crippen LogP contribution in [0.5, 0.6) is 28.7 Å². The summed E-state index contributed by atoms with van der Waals surface area (Å²) in [5.74, 6) is 2.31. The van der Waals surface area contributed by atoms with Gasteiger partial charge in [0.1, 0.15) is 11.4 Å². The van der Waals surface area contributed by atoms with Crippen LogP contribution in [0.2, 0.25) is 0 Å². The summed E-state index contributed by atoms with van der Waals surface area (Å²) in [4.78, 5) is 12.1. The molecule has 0 saturated heterocycles. The molecule has 0 saturated carbocycles. The second kappa shape index (κ2) is 5.88. The van der Waals surface area contributed by atoms with Gasteiger partial charge < -0.3 is 23.7 Å². The molecule has 0 fully saturated rings. The van der Waals surface area contributed by atoms with E-state index in [9.17, 15) is 4.79 Å². The monoisotopic (exact) mass is 342 g/mol. The van der Waals surface area contributed by atoms with Crippen molar-refractivity contribution in [2.75, 3.05) is 13.4 Å². The second-order valence-corrected chi connectivity index (χ2v) is 6.56. The van der Waals surface area contributed by atoms with Crippen LogP contribution < -0.4 is 23.7 Å². The fourth-order valence-corrected chi connectivity index (χ4v) is 2.94. The third kappa shape index (κ3) is 3.20. The van der Waals surface area contributed by atoms with Gasteiger partial charge in [-0.05, 0) is 32.0 Å². The molecule has 0 spiro atoms. The lowest BCUT2D eigenvalue weighted by atomic mass is 10.0. The highest BCUT2D eigenvalue weighted by atomic mass is 16.7. The van der Waals surface area contributed by atoms with Gasteiger partial charge in [-0.3, -0.25) is 0 Å². The first-order chi connectivity index (χ1) is 12.0. The molecule has 0 aromatic heterocycles. The van der Waals surface area contributed by atoms with E-state index in [1.807, 2.05) is 26.0 Å². The van der Waals surface area contributed by atoms with E-state index >= 15 is 0 Å². The van der Waals surface area contributed by atoms with Crippen LogP contribution in [-0.2, 0) is 11.2 Å². The molecule has 2 aliphatic rings. The van der Waals surface area contributed by atoms with Gasteiger partial charge in [-0.2, -0.15) is 0 Å². The SMILES string of the molecule is CC1(C)Cc2cccc(OCC(=O)Oc3ccc4c(c3)OCO4)c2O1. The highest BCUT2D eigenvalue weighted by molar-refractivity contribution is 5.74. The Morgan fingerprint density at radius 1 is 1.16 bits per heavy atom. The maximum Gasteiger partial charge on any atom is 0.349 e. The van der Waals surface area contributed by atoms with Crippen molar-refractivity contribution in [2.45, 2.75) is 25.9 Å². The topological polar surface area (TPSA) is 63.2 Å². The first kappa shape index (κ1) is 15.6. The Morgan fingerprint density at radius 3 is 2.88 bits per heavy atom. The molecular weight excluding hydrogens is 324 g/mol. The number of rotatable bonds is 4. The molecule has 0 amide bonds. The summed E-state index contributed by atoms with van der Waals surface area (Å²) < 4.78 is 27.3. The smallest absolute Gasteiger partial charge is 0.349 e. The summed E-state index contributed by atoms with van der Waals surface area (Å²) >= 11 is 0. The Kier molecular flexibility index (Phi) is 3.67. The summed E-state index contributed by atoms with van der Waals surface area (Å²) in [6, 6.07) is 10.6. The van der Waals surface area contributed by atoms with Gasteiger partial charge in [0.2, 0.25) is 6.79 Å². The molecule has 0 aliphatic carbocycles. The zero-order valence-electron chi connectivity index (χ0n) is 14.0. The van der Waals surface area contributed by atoms with Crippen molar-refractivity contribution < 1.29 is 28.5 Å². The van der Waals surface area contributed by atoms with Crippen LogP contribution in [0.25, 0.3) is 0 Å². The Labute approximate surface area is 145 Å². The normalized spacial score (nSPS) is 16.1. The third-order valence-electron chi connectivity index (χ3n) is 3.98. The Morgan fingerprint density at radius 2 is 2.00 bits per heavy atom. The molecule has 6 heteroatoms. The number of carbonyl (C=O) groups excluding carboxylic acids is 1. The van der Waals surface area contributed by atoms with E-state index in [-0.39, 0.29) is 19.0 Å². The highest BCUT2D eigenvalue weighted by Gasteiger charge is 2.32. The van der Waals surface area contributed by atoms with Gasteiger partial charge in [-0.25, -0.2) is 4.79 Å². The number of carbonyl (C=O) groups is 1. The Hall–Kier alpha value is -2.89. The molecule has 2 aromatic rings. The third-order valence-corrected chi connectivity index (χ3v) is 3.98. The van der Waals surface area contributed by atoms with Gasteiger partial charge in [-0.15, -0.1) is 0 Å². The van der Waals surface area contributed by atoms with Gasteiger partial charge >= 0.3 is 5.97 Å². The van der Waals surface area contributed by atoms with E-state index in [2.05, 4.69) is 0 Å². The van der Waals surface area contributed by atoms with Crippen molar-refractivity contribution in [3.8, 4) is 28.7 Å². The fourth-order valence-electron chi connectivity index (χ4n) is 2.94. The first-order valence-electron chi connectivity index (χ1n) is 8.04. The zero-order chi connectivity index (χ0) is 17.4. The molecule has 0 radical (unpaired) electrons. The number of benzene rings is 2. The van der Waals surface area contributed by atoms with Gasteiger partial charge in [0.25, 0.3) is 0 Å². The molecule has 2 aromatic carbocycles. The number of hydrogen-bond acceptors (Lipinski definition) is 6. The largest absolute Gasteiger partial charge is 0.483 e. The summed E-state index contributed by atoms with van der Waals surface area (Å²) in [7, 11) is 0. The van der Waals surface area contributed by atoms with Crippen molar-refractivity contribution in [3.63, 3.8) is 0 Å². The maximum absolute atomic E-state index is 12.1. The summed E-state index contributed by atoms with van der Waals surface area (Å²) in [5.41, 5.74) is 0.807. The van der Waals surface area contributed by atoms with Gasteiger partial charge in [0.05, 0.1) is 0 Å². The van der Waals surface area contributed by atoms with E-state index in [1.165, 1.54) is 0 Å². The fraction of sp³-hybridized carbons (Fsp3) is 0.316. The molecule has 2 aliphatic heterocycles. The van der Waals surface area contributed by atoms with E-state index in [1.54, 1.807) is 24.3 Å². The quantitative estimate of drug-likeness (QED) is 0.628. The molecule has 4 rings (SSSR count). The van der Waals surface area contributed by atoms with Crippen molar-refractivity contribution in [1.29, 1.82) is 0 Å². The van der Waals surface area contributed by atoms with E-state index < -0.39 is 5.97 Å². The summed E-state index contributed by atoms with van der Waals surface area (Å²) in [5, 5.41) is 0. The molecule has 2 heterocycles. The predicted octanol–water partition coefficient (Wildman–Crippen LogP) is 3.11. The van der Waals surface area contributed by atoms with Crippen LogP contribution in [0.1, 0.15) is 19.4 Å². The molecule has 6 nitrogen and oxygen atoms in total.